The predicted molar refractivity (Wildman–Crippen MR) is 233 cm³/mol. The summed E-state index contributed by atoms with van der Waals surface area (Å²) in [6, 6.07) is 33.2. The number of halogens is 12. The molecular weight excluding hydrogens is 933 g/mol. The molecule has 0 radical (unpaired) electrons. The molecule has 0 aliphatic heterocycles. The Kier molecular flexibility index (Phi) is 11.0. The van der Waals surface area contributed by atoms with Gasteiger partial charge in [-0.15, -0.1) is 0 Å². The van der Waals surface area contributed by atoms with Crippen LogP contribution in [0.5, 0.6) is 0 Å². The number of allylic oxidation sites excluding steroid dienone is 1. The number of alkyl halides is 12. The minimum Gasteiger partial charge on any atom is -0.197 e. The number of nitrogens with zero attached hydrogens (tertiary/aromatic N) is 4. The van der Waals surface area contributed by atoms with Crippen LogP contribution in [0.3, 0.4) is 0 Å². The molecule has 0 aromatic heterocycles. The lowest BCUT2D eigenvalue weighted by atomic mass is 9.83. The van der Waals surface area contributed by atoms with Gasteiger partial charge in [0.15, 0.2) is 0 Å². The molecule has 2 aliphatic carbocycles. The summed E-state index contributed by atoms with van der Waals surface area (Å²) in [4.78, 5) is 0. The molecule has 1 atom stereocenters. The van der Waals surface area contributed by atoms with Crippen LogP contribution in [0.25, 0.3) is 72.3 Å². The van der Waals surface area contributed by atoms with Crippen molar-refractivity contribution in [3.8, 4) is 91.0 Å². The second-order valence-corrected chi connectivity index (χ2v) is 16.4. The maximum atomic E-state index is 13.9. The minimum absolute atomic E-state index is 0.00769. The van der Waals surface area contributed by atoms with Crippen molar-refractivity contribution in [3.63, 3.8) is 0 Å². The molecule has 0 amide bonds. The third-order valence-electron chi connectivity index (χ3n) is 12.5. The van der Waals surface area contributed by atoms with Gasteiger partial charge in [0.1, 0.15) is 23.6 Å². The fourth-order valence-corrected chi connectivity index (χ4v) is 9.27. The lowest BCUT2D eigenvalue weighted by Crippen LogP contribution is -2.09. The average Bonchev–Trinajstić information content (AvgIpc) is 3.81. The van der Waals surface area contributed by atoms with E-state index < -0.39 is 64.4 Å². The zero-order valence-corrected chi connectivity index (χ0v) is 35.2. The van der Waals surface area contributed by atoms with Gasteiger partial charge in [-0.05, 0) is 174 Å². The summed E-state index contributed by atoms with van der Waals surface area (Å²) in [5.41, 5.74) is -0.461. The molecule has 0 N–H and O–H groups in total. The van der Waals surface area contributed by atoms with Gasteiger partial charge in [0.25, 0.3) is 0 Å². The molecule has 9 rings (SSSR count). The highest BCUT2D eigenvalue weighted by molar-refractivity contribution is 6.11. The SMILES string of the molecule is N#CC(C#N)=C1c2cc3c(cc2-c2c1cc(-c1ccc(C(F)(F)F)cc1)cc2-c1ccc(C(F)(F)F)cc1)-c1c(-c2ccc(C(F)(F)F)cc2)cc(-c2ccc(C(F)(F)F)cc2)cc1C3C(C#N)C#N. The van der Waals surface area contributed by atoms with Crippen molar-refractivity contribution < 1.29 is 52.7 Å². The van der Waals surface area contributed by atoms with Crippen LogP contribution in [0.2, 0.25) is 0 Å². The molecule has 70 heavy (non-hydrogen) atoms. The fraction of sp³-hybridized carbons (Fsp3) is 0.111. The Morgan fingerprint density at radius 3 is 1.11 bits per heavy atom. The summed E-state index contributed by atoms with van der Waals surface area (Å²) in [5, 5.41) is 41.9. The average molecular weight is 957 g/mol. The first-order valence-electron chi connectivity index (χ1n) is 20.6. The highest BCUT2D eigenvalue weighted by Gasteiger charge is 2.42. The van der Waals surface area contributed by atoms with Gasteiger partial charge in [-0.2, -0.15) is 73.7 Å². The van der Waals surface area contributed by atoms with Gasteiger partial charge >= 0.3 is 24.7 Å². The van der Waals surface area contributed by atoms with Crippen molar-refractivity contribution in [2.45, 2.75) is 30.6 Å². The van der Waals surface area contributed by atoms with Gasteiger partial charge in [0, 0.05) is 11.5 Å². The van der Waals surface area contributed by atoms with E-state index in [0.717, 1.165) is 48.5 Å². The molecule has 0 bridgehead atoms. The molecule has 0 heterocycles. The topological polar surface area (TPSA) is 95.2 Å². The Labute approximate surface area is 389 Å². The number of hydrogen-bond donors (Lipinski definition) is 0. The van der Waals surface area contributed by atoms with Crippen molar-refractivity contribution in [2.75, 3.05) is 0 Å². The summed E-state index contributed by atoms with van der Waals surface area (Å²) >= 11 is 0. The summed E-state index contributed by atoms with van der Waals surface area (Å²) < 4.78 is 165. The first-order valence-corrected chi connectivity index (χ1v) is 20.6. The molecule has 16 heteroatoms. The number of benzene rings is 7. The minimum atomic E-state index is -4.74. The van der Waals surface area contributed by atoms with E-state index in [1.807, 2.05) is 24.3 Å². The number of nitriles is 4. The fourth-order valence-electron chi connectivity index (χ4n) is 9.27. The Balaban J connectivity index is 1.37. The van der Waals surface area contributed by atoms with E-state index in [1.165, 1.54) is 60.7 Å². The van der Waals surface area contributed by atoms with E-state index >= 15 is 0 Å². The highest BCUT2D eigenvalue weighted by atomic mass is 19.4. The van der Waals surface area contributed by atoms with Gasteiger partial charge in [0.2, 0.25) is 0 Å². The van der Waals surface area contributed by atoms with Crippen LogP contribution in [-0.2, 0) is 24.7 Å². The first kappa shape index (κ1) is 46.5. The highest BCUT2D eigenvalue weighted by Crippen LogP contribution is 2.59. The van der Waals surface area contributed by atoms with Crippen LogP contribution in [0, 0.1) is 51.2 Å². The molecule has 0 saturated carbocycles. The molecule has 0 saturated heterocycles. The van der Waals surface area contributed by atoms with Crippen LogP contribution in [-0.4, -0.2) is 0 Å². The first-order chi connectivity index (χ1) is 33.0. The summed E-state index contributed by atoms with van der Waals surface area (Å²) in [5.74, 6) is -2.65. The van der Waals surface area contributed by atoms with E-state index in [9.17, 15) is 73.7 Å². The van der Waals surface area contributed by atoms with Crippen molar-refractivity contribution in [1.29, 1.82) is 21.0 Å². The van der Waals surface area contributed by atoms with Crippen LogP contribution >= 0.6 is 0 Å². The normalized spacial score (nSPS) is 13.9. The Hall–Kier alpha value is -8.60. The maximum Gasteiger partial charge on any atom is 0.416 e. The van der Waals surface area contributed by atoms with Crippen LogP contribution in [0.4, 0.5) is 52.7 Å². The van der Waals surface area contributed by atoms with Crippen LogP contribution < -0.4 is 0 Å². The Bertz CT molecular complexity index is 3470. The van der Waals surface area contributed by atoms with Crippen molar-refractivity contribution in [3.05, 3.63) is 184 Å². The third kappa shape index (κ3) is 7.97. The molecule has 2 aliphatic rings. The second-order valence-electron chi connectivity index (χ2n) is 16.4. The van der Waals surface area contributed by atoms with Crippen LogP contribution in [0.1, 0.15) is 50.4 Å². The van der Waals surface area contributed by atoms with Crippen molar-refractivity contribution >= 4 is 5.57 Å². The largest absolute Gasteiger partial charge is 0.416 e. The number of rotatable bonds is 5. The molecule has 0 fully saturated rings. The van der Waals surface area contributed by atoms with E-state index in [0.29, 0.717) is 11.1 Å². The Morgan fingerprint density at radius 1 is 0.357 bits per heavy atom. The van der Waals surface area contributed by atoms with Crippen molar-refractivity contribution in [2.24, 2.45) is 5.92 Å². The zero-order valence-electron chi connectivity index (χ0n) is 35.2. The second kappa shape index (κ2) is 16.6. The lowest BCUT2D eigenvalue weighted by Gasteiger charge is -2.18. The van der Waals surface area contributed by atoms with Gasteiger partial charge in [0.05, 0.1) is 34.4 Å². The zero-order chi connectivity index (χ0) is 50.2. The van der Waals surface area contributed by atoms with Gasteiger partial charge < -0.3 is 0 Å². The van der Waals surface area contributed by atoms with E-state index in [2.05, 4.69) is 0 Å². The van der Waals surface area contributed by atoms with Crippen molar-refractivity contribution in [1.82, 2.24) is 0 Å². The molecular formula is C54H24F12N4. The monoisotopic (exact) mass is 956 g/mol. The quantitative estimate of drug-likeness (QED) is 0.127. The molecule has 7 aromatic rings. The number of fused-ring (bicyclic) bond motifs is 6. The standard InChI is InChI=1S/C54H24F12N4/c55-51(56,57)35-9-1-27(2-10-35)31-17-39(29-5-13-37(14-6-29)53(61,62)63)49-43-22-44-42(21-41(43)47(45(49)19-31)33(23-67)24-68)48(34(25-69)26-70)46-20-32(28-3-11-36(12-4-28)52(58,59)60)18-40(50(44)46)30-7-15-38(16-8-30)54(64,65)66/h1-22,33,47H. The predicted octanol–water partition coefficient (Wildman–Crippen LogP) is 16.0. The molecule has 4 nitrogen and oxygen atoms in total. The summed E-state index contributed by atoms with van der Waals surface area (Å²) in [6.45, 7) is 0. The van der Waals surface area contributed by atoms with E-state index in [-0.39, 0.29) is 83.5 Å². The summed E-state index contributed by atoms with van der Waals surface area (Å²) in [7, 11) is 0. The van der Waals surface area contributed by atoms with Crippen LogP contribution in [0.15, 0.2) is 139 Å². The smallest absolute Gasteiger partial charge is 0.197 e. The van der Waals surface area contributed by atoms with E-state index in [4.69, 9.17) is 0 Å². The Morgan fingerprint density at radius 2 is 0.729 bits per heavy atom. The van der Waals surface area contributed by atoms with Gasteiger partial charge in [-0.25, -0.2) is 0 Å². The maximum absolute atomic E-state index is 13.9. The molecule has 1 unspecified atom stereocenters. The summed E-state index contributed by atoms with van der Waals surface area (Å²) in [6.07, 6.45) is -18.9. The molecule has 344 valence electrons. The van der Waals surface area contributed by atoms with E-state index in [1.54, 1.807) is 24.3 Å². The number of hydrogen-bond acceptors (Lipinski definition) is 4. The molecule has 7 aromatic carbocycles. The van der Waals surface area contributed by atoms with Gasteiger partial charge in [-0.3, -0.25) is 0 Å². The van der Waals surface area contributed by atoms with Gasteiger partial charge in [-0.1, -0.05) is 48.5 Å². The molecule has 0 spiro atoms. The third-order valence-corrected chi connectivity index (χ3v) is 12.5. The lowest BCUT2D eigenvalue weighted by molar-refractivity contribution is -0.138.